The fourth-order valence-corrected chi connectivity index (χ4v) is 3.65. The van der Waals surface area contributed by atoms with E-state index in [1.165, 1.54) is 0 Å². The van der Waals surface area contributed by atoms with Gasteiger partial charge in [-0.25, -0.2) is 0 Å². The third-order valence-corrected chi connectivity index (χ3v) is 5.20. The molecule has 0 radical (unpaired) electrons. The number of nitro benzene ring substituents is 1. The number of hydrogen-bond acceptors (Lipinski definition) is 7. The molecule has 2 heterocycles. The van der Waals surface area contributed by atoms with Crippen molar-refractivity contribution in [3.8, 4) is 0 Å². The number of methoxy groups -OCH3 is 1. The molecule has 1 aromatic carbocycles. The van der Waals surface area contributed by atoms with Gasteiger partial charge in [0.2, 0.25) is 0 Å². The maximum absolute atomic E-state index is 11.9. The SMILES string of the molecule is COCCN(c1ccc(B2OCC(C)(C)CO2)cc1[N+](=O)[O-])C1CCOCC1. The molecular formula is C19H29BN2O6. The molecule has 0 amide bonds. The van der Waals surface area contributed by atoms with Crippen LogP contribution in [0.2, 0.25) is 0 Å². The number of benzene rings is 1. The maximum Gasteiger partial charge on any atom is 0.494 e. The number of nitrogens with zero attached hydrogens (tertiary/aromatic N) is 2. The molecule has 1 aromatic rings. The zero-order valence-corrected chi connectivity index (χ0v) is 16.9. The predicted molar refractivity (Wildman–Crippen MR) is 107 cm³/mol. The second kappa shape index (κ2) is 9.22. The Balaban J connectivity index is 1.87. The van der Waals surface area contributed by atoms with Gasteiger partial charge in [0.05, 0.1) is 11.5 Å². The Bertz CT molecular complexity index is 670. The van der Waals surface area contributed by atoms with Gasteiger partial charge in [0.25, 0.3) is 5.69 Å². The number of ether oxygens (including phenoxy) is 2. The minimum absolute atomic E-state index is 0.0532. The lowest BCUT2D eigenvalue weighted by atomic mass is 9.75. The van der Waals surface area contributed by atoms with Crippen molar-refractivity contribution in [1.29, 1.82) is 0 Å². The van der Waals surface area contributed by atoms with Crippen LogP contribution in [-0.4, -0.2) is 64.8 Å². The standard InChI is InChI=1S/C19H29BN2O6/c1-19(2)13-27-20(28-14-19)15-4-5-17(18(12-15)22(23)24)21(8-11-25-3)16-6-9-26-10-7-16/h4-5,12,16H,6-11,13-14H2,1-3H3. The van der Waals surface area contributed by atoms with Gasteiger partial charge in [-0.1, -0.05) is 19.9 Å². The van der Waals surface area contributed by atoms with Crippen molar-refractivity contribution in [3.63, 3.8) is 0 Å². The van der Waals surface area contributed by atoms with Crippen LogP contribution in [0.25, 0.3) is 0 Å². The molecule has 2 aliphatic rings. The molecule has 2 aliphatic heterocycles. The molecule has 2 fully saturated rings. The van der Waals surface area contributed by atoms with E-state index in [2.05, 4.69) is 18.7 Å². The van der Waals surface area contributed by atoms with Crippen LogP contribution in [0.5, 0.6) is 0 Å². The Morgan fingerprint density at radius 3 is 2.57 bits per heavy atom. The summed E-state index contributed by atoms with van der Waals surface area (Å²) < 4.78 is 22.3. The summed E-state index contributed by atoms with van der Waals surface area (Å²) in [6, 6.07) is 5.45. The molecule has 9 heteroatoms. The van der Waals surface area contributed by atoms with Crippen molar-refractivity contribution in [1.82, 2.24) is 0 Å². The first-order chi connectivity index (χ1) is 13.4. The Labute approximate surface area is 166 Å². The Morgan fingerprint density at radius 1 is 1.29 bits per heavy atom. The Morgan fingerprint density at radius 2 is 1.96 bits per heavy atom. The third-order valence-electron chi connectivity index (χ3n) is 5.20. The summed E-state index contributed by atoms with van der Waals surface area (Å²) in [7, 11) is 1.06. The van der Waals surface area contributed by atoms with Crippen LogP contribution in [0.4, 0.5) is 11.4 Å². The highest BCUT2D eigenvalue weighted by Crippen LogP contribution is 2.31. The van der Waals surface area contributed by atoms with Gasteiger partial charge in [-0.15, -0.1) is 0 Å². The van der Waals surface area contributed by atoms with Crippen LogP contribution < -0.4 is 10.4 Å². The molecule has 0 saturated carbocycles. The van der Waals surface area contributed by atoms with E-state index in [1.54, 1.807) is 13.2 Å². The van der Waals surface area contributed by atoms with Gasteiger partial charge in [-0.3, -0.25) is 10.1 Å². The van der Waals surface area contributed by atoms with Gasteiger partial charge in [-0.2, -0.15) is 0 Å². The van der Waals surface area contributed by atoms with Crippen molar-refractivity contribution in [2.75, 3.05) is 51.6 Å². The maximum atomic E-state index is 11.9. The van der Waals surface area contributed by atoms with Gasteiger partial charge < -0.3 is 23.7 Å². The van der Waals surface area contributed by atoms with E-state index in [9.17, 15) is 10.1 Å². The number of anilines is 1. The quantitative estimate of drug-likeness (QED) is 0.399. The highest BCUT2D eigenvalue weighted by molar-refractivity contribution is 6.61. The number of hydrogen-bond donors (Lipinski definition) is 0. The second-order valence-electron chi connectivity index (χ2n) is 8.15. The van der Waals surface area contributed by atoms with Crippen molar-refractivity contribution in [2.24, 2.45) is 5.41 Å². The third kappa shape index (κ3) is 5.02. The van der Waals surface area contributed by atoms with Crippen LogP contribution >= 0.6 is 0 Å². The topological polar surface area (TPSA) is 83.3 Å². The highest BCUT2D eigenvalue weighted by Gasteiger charge is 2.35. The molecule has 28 heavy (non-hydrogen) atoms. The molecule has 8 nitrogen and oxygen atoms in total. The van der Waals surface area contributed by atoms with E-state index < -0.39 is 7.12 Å². The summed E-state index contributed by atoms with van der Waals surface area (Å²) in [5, 5.41) is 11.9. The average molecular weight is 392 g/mol. The lowest BCUT2D eigenvalue weighted by molar-refractivity contribution is -0.384. The first-order valence-corrected chi connectivity index (χ1v) is 9.76. The van der Waals surface area contributed by atoms with Gasteiger partial charge in [0.15, 0.2) is 0 Å². The summed E-state index contributed by atoms with van der Waals surface area (Å²) in [6.07, 6.45) is 1.68. The van der Waals surface area contributed by atoms with E-state index in [-0.39, 0.29) is 22.1 Å². The molecule has 0 aliphatic carbocycles. The van der Waals surface area contributed by atoms with Gasteiger partial charge in [0.1, 0.15) is 5.69 Å². The van der Waals surface area contributed by atoms with E-state index in [0.29, 0.717) is 50.7 Å². The van der Waals surface area contributed by atoms with Gasteiger partial charge in [0, 0.05) is 57.6 Å². The molecule has 0 spiro atoms. The lowest BCUT2D eigenvalue weighted by Crippen LogP contribution is -2.47. The lowest BCUT2D eigenvalue weighted by Gasteiger charge is -2.36. The van der Waals surface area contributed by atoms with Crippen molar-refractivity contribution in [2.45, 2.75) is 32.7 Å². The van der Waals surface area contributed by atoms with E-state index in [0.717, 1.165) is 12.8 Å². The van der Waals surface area contributed by atoms with E-state index in [1.807, 2.05) is 12.1 Å². The first kappa shape index (κ1) is 21.0. The summed E-state index contributed by atoms with van der Waals surface area (Å²) >= 11 is 0. The van der Waals surface area contributed by atoms with Crippen LogP contribution in [0.1, 0.15) is 26.7 Å². The molecule has 0 aromatic heterocycles. The van der Waals surface area contributed by atoms with Crippen LogP contribution in [0.15, 0.2) is 18.2 Å². The van der Waals surface area contributed by atoms with E-state index in [4.69, 9.17) is 18.8 Å². The summed E-state index contributed by atoms with van der Waals surface area (Å²) in [4.78, 5) is 13.6. The molecule has 0 N–H and O–H groups in total. The van der Waals surface area contributed by atoms with Crippen LogP contribution in [0, 0.1) is 15.5 Å². The zero-order valence-electron chi connectivity index (χ0n) is 16.9. The average Bonchev–Trinajstić information content (AvgIpc) is 2.69. The van der Waals surface area contributed by atoms with E-state index >= 15 is 0 Å². The second-order valence-corrected chi connectivity index (χ2v) is 8.15. The number of nitro groups is 1. The highest BCUT2D eigenvalue weighted by atomic mass is 16.6. The molecular weight excluding hydrogens is 363 g/mol. The van der Waals surface area contributed by atoms with Crippen molar-refractivity contribution >= 4 is 24.0 Å². The Hall–Kier alpha value is -1.68. The molecule has 0 bridgehead atoms. The Kier molecular flexibility index (Phi) is 6.93. The molecule has 0 atom stereocenters. The number of rotatable bonds is 7. The minimum atomic E-state index is -0.573. The normalized spacial score (nSPS) is 20.2. The summed E-state index contributed by atoms with van der Waals surface area (Å²) in [6.45, 7) is 7.66. The van der Waals surface area contributed by atoms with Crippen LogP contribution in [-0.2, 0) is 18.8 Å². The minimum Gasteiger partial charge on any atom is -0.407 e. The first-order valence-electron chi connectivity index (χ1n) is 9.76. The van der Waals surface area contributed by atoms with Gasteiger partial charge in [-0.05, 0) is 24.4 Å². The fourth-order valence-electron chi connectivity index (χ4n) is 3.65. The largest absolute Gasteiger partial charge is 0.494 e. The van der Waals surface area contributed by atoms with Crippen molar-refractivity contribution in [3.05, 3.63) is 28.3 Å². The fraction of sp³-hybridized carbons (Fsp3) is 0.684. The molecule has 2 saturated heterocycles. The smallest absolute Gasteiger partial charge is 0.407 e. The molecule has 3 rings (SSSR count). The van der Waals surface area contributed by atoms with Gasteiger partial charge >= 0.3 is 7.12 Å². The van der Waals surface area contributed by atoms with Crippen molar-refractivity contribution < 1.29 is 23.7 Å². The monoisotopic (exact) mass is 392 g/mol. The molecule has 0 unspecified atom stereocenters. The zero-order chi connectivity index (χ0) is 20.1. The van der Waals surface area contributed by atoms with Crippen LogP contribution in [0.3, 0.4) is 0 Å². The predicted octanol–water partition coefficient (Wildman–Crippen LogP) is 1.99. The summed E-state index contributed by atoms with van der Waals surface area (Å²) in [5.74, 6) is 0. The molecule has 154 valence electrons. The summed E-state index contributed by atoms with van der Waals surface area (Å²) in [5.41, 5.74) is 1.29.